The van der Waals surface area contributed by atoms with E-state index >= 15 is 0 Å². The van der Waals surface area contributed by atoms with Crippen molar-refractivity contribution in [1.82, 2.24) is 29.5 Å². The van der Waals surface area contributed by atoms with Crippen LogP contribution in [0, 0.1) is 0 Å². The van der Waals surface area contributed by atoms with Crippen LogP contribution in [0.15, 0.2) is 36.8 Å². The van der Waals surface area contributed by atoms with Crippen molar-refractivity contribution < 1.29 is 14.2 Å². The van der Waals surface area contributed by atoms with Gasteiger partial charge in [0.15, 0.2) is 28.6 Å². The third kappa shape index (κ3) is 3.40. The summed E-state index contributed by atoms with van der Waals surface area (Å²) in [7, 11) is 3.10. The van der Waals surface area contributed by atoms with E-state index in [1.807, 2.05) is 19.1 Å². The molecule has 10 heteroatoms. The monoisotopic (exact) mass is 412 g/mol. The van der Waals surface area contributed by atoms with Gasteiger partial charge in [-0.3, -0.25) is 9.55 Å². The number of aromatic nitrogens is 6. The largest absolute Gasteiger partial charge is 0.493 e. The maximum absolute atomic E-state index is 6.04. The van der Waals surface area contributed by atoms with Gasteiger partial charge in [-0.15, -0.1) is 0 Å². The Balaban J connectivity index is 2.06. The molecule has 0 atom stereocenters. The van der Waals surface area contributed by atoms with Crippen molar-refractivity contribution in [3.8, 4) is 34.6 Å². The second kappa shape index (κ2) is 7.88. The Morgan fingerprint density at radius 1 is 1.00 bits per heavy atom. The molecule has 4 rings (SSSR count). The van der Waals surface area contributed by atoms with Crippen molar-refractivity contribution in [3.63, 3.8) is 0 Å². The number of hydrogen-bond donors (Lipinski definition) is 0. The maximum Gasteiger partial charge on any atom is 0.213 e. The number of rotatable bonds is 6. The van der Waals surface area contributed by atoms with Gasteiger partial charge in [0.05, 0.1) is 39.4 Å². The quantitative estimate of drug-likeness (QED) is 0.475. The first-order valence-corrected chi connectivity index (χ1v) is 9.11. The lowest BCUT2D eigenvalue weighted by Gasteiger charge is -2.15. The highest BCUT2D eigenvalue weighted by Gasteiger charge is 2.24. The topological polar surface area (TPSA) is 97.1 Å². The zero-order chi connectivity index (χ0) is 20.4. The number of methoxy groups -OCH3 is 2. The van der Waals surface area contributed by atoms with E-state index in [-0.39, 0.29) is 5.15 Å². The van der Waals surface area contributed by atoms with Gasteiger partial charge in [0.1, 0.15) is 16.5 Å². The fourth-order valence-corrected chi connectivity index (χ4v) is 3.05. The molecule has 148 valence electrons. The second-order valence-corrected chi connectivity index (χ2v) is 6.18. The molecule has 0 aliphatic carbocycles. The summed E-state index contributed by atoms with van der Waals surface area (Å²) < 4.78 is 18.4. The molecular weight excluding hydrogens is 396 g/mol. The molecule has 0 bridgehead atoms. The van der Waals surface area contributed by atoms with Gasteiger partial charge in [0.2, 0.25) is 5.88 Å². The maximum atomic E-state index is 6.04. The molecule has 0 aromatic carbocycles. The minimum absolute atomic E-state index is 0.235. The van der Waals surface area contributed by atoms with Gasteiger partial charge in [0, 0.05) is 6.07 Å². The van der Waals surface area contributed by atoms with Gasteiger partial charge in [-0.1, -0.05) is 17.7 Å². The first kappa shape index (κ1) is 18.9. The van der Waals surface area contributed by atoms with Crippen molar-refractivity contribution >= 4 is 22.9 Å². The second-order valence-electron chi connectivity index (χ2n) is 5.80. The molecular formula is C19H17ClN6O3. The molecule has 9 nitrogen and oxygen atoms in total. The zero-order valence-electron chi connectivity index (χ0n) is 16.0. The van der Waals surface area contributed by atoms with Crippen molar-refractivity contribution in [2.75, 3.05) is 20.8 Å². The Hall–Kier alpha value is -3.46. The summed E-state index contributed by atoms with van der Waals surface area (Å²) in [5.74, 6) is 1.91. The molecule has 0 spiro atoms. The van der Waals surface area contributed by atoms with Gasteiger partial charge in [-0.05, 0) is 13.0 Å². The summed E-state index contributed by atoms with van der Waals surface area (Å²) in [4.78, 5) is 22.1. The van der Waals surface area contributed by atoms with Crippen molar-refractivity contribution in [2.45, 2.75) is 6.92 Å². The highest BCUT2D eigenvalue weighted by atomic mass is 35.5. The predicted octanol–water partition coefficient (Wildman–Crippen LogP) is 3.34. The van der Waals surface area contributed by atoms with Crippen LogP contribution in [-0.2, 0) is 0 Å². The van der Waals surface area contributed by atoms with Crippen LogP contribution in [0.1, 0.15) is 6.92 Å². The highest BCUT2D eigenvalue weighted by Crippen LogP contribution is 2.37. The van der Waals surface area contributed by atoms with E-state index in [0.29, 0.717) is 52.5 Å². The van der Waals surface area contributed by atoms with Crippen molar-refractivity contribution in [1.29, 1.82) is 0 Å². The third-order valence-electron chi connectivity index (χ3n) is 4.10. The molecule has 4 heterocycles. The first-order valence-electron chi connectivity index (χ1n) is 8.73. The highest BCUT2D eigenvalue weighted by molar-refractivity contribution is 6.29. The smallest absolute Gasteiger partial charge is 0.213 e. The Bertz CT molecular complexity index is 1160. The molecule has 0 radical (unpaired) electrons. The average Bonchev–Trinajstić information content (AvgIpc) is 3.11. The van der Waals surface area contributed by atoms with Gasteiger partial charge in [-0.25, -0.2) is 19.9 Å². The van der Waals surface area contributed by atoms with Crippen LogP contribution in [0.25, 0.3) is 28.5 Å². The lowest BCUT2D eigenvalue weighted by atomic mass is 10.3. The van der Waals surface area contributed by atoms with Gasteiger partial charge < -0.3 is 14.2 Å². The number of hydrogen-bond acceptors (Lipinski definition) is 8. The van der Waals surface area contributed by atoms with E-state index in [4.69, 9.17) is 25.8 Å². The van der Waals surface area contributed by atoms with E-state index < -0.39 is 0 Å². The molecule has 0 saturated heterocycles. The standard InChI is InChI=1S/C19H17ClN6O3/c1-4-29-15-7-5-6-11(23-15)18-25-17-19(22-10-14(20)24-17)26(18)16-12(27-2)8-21-9-13(16)28-3/h5-10H,4H2,1-3H3. The first-order chi connectivity index (χ1) is 14.2. The SMILES string of the molecule is CCOc1cccc(-c2nc3nc(Cl)cnc3n2-c2c(OC)cncc2OC)n1. The van der Waals surface area contributed by atoms with Crippen molar-refractivity contribution in [3.05, 3.63) is 41.9 Å². The van der Waals surface area contributed by atoms with E-state index in [1.165, 1.54) is 6.20 Å². The molecule has 0 N–H and O–H groups in total. The third-order valence-corrected chi connectivity index (χ3v) is 4.28. The minimum Gasteiger partial charge on any atom is -0.493 e. The number of nitrogens with zero attached hydrogens (tertiary/aromatic N) is 6. The fraction of sp³-hybridized carbons (Fsp3) is 0.211. The van der Waals surface area contributed by atoms with Gasteiger partial charge >= 0.3 is 0 Å². The molecule has 4 aromatic heterocycles. The van der Waals surface area contributed by atoms with Crippen LogP contribution in [0.2, 0.25) is 5.15 Å². The molecule has 0 aliphatic rings. The summed E-state index contributed by atoms with van der Waals surface area (Å²) >= 11 is 6.04. The lowest BCUT2D eigenvalue weighted by Crippen LogP contribution is -2.06. The summed E-state index contributed by atoms with van der Waals surface area (Å²) in [5.41, 5.74) is 1.96. The summed E-state index contributed by atoms with van der Waals surface area (Å²) in [6.45, 7) is 2.39. The van der Waals surface area contributed by atoms with Crippen LogP contribution in [0.5, 0.6) is 17.4 Å². The number of halogens is 1. The Labute approximate surface area is 171 Å². The van der Waals surface area contributed by atoms with E-state index in [0.717, 1.165) is 0 Å². The van der Waals surface area contributed by atoms with E-state index in [1.54, 1.807) is 37.2 Å². The number of pyridine rings is 2. The number of fused-ring (bicyclic) bond motifs is 1. The number of ether oxygens (including phenoxy) is 3. The Morgan fingerprint density at radius 2 is 1.76 bits per heavy atom. The van der Waals surface area contributed by atoms with Crippen LogP contribution in [0.4, 0.5) is 0 Å². The van der Waals surface area contributed by atoms with Crippen LogP contribution in [0.3, 0.4) is 0 Å². The molecule has 0 saturated carbocycles. The fourth-order valence-electron chi connectivity index (χ4n) is 2.92. The lowest BCUT2D eigenvalue weighted by molar-refractivity contribution is 0.327. The molecule has 0 unspecified atom stereocenters. The summed E-state index contributed by atoms with van der Waals surface area (Å²) in [6.07, 6.45) is 4.62. The van der Waals surface area contributed by atoms with Crippen LogP contribution in [-0.4, -0.2) is 50.3 Å². The van der Waals surface area contributed by atoms with Gasteiger partial charge in [-0.2, -0.15) is 0 Å². The minimum atomic E-state index is 0.235. The molecule has 4 aromatic rings. The number of imidazole rings is 1. The van der Waals surface area contributed by atoms with Crippen molar-refractivity contribution in [2.24, 2.45) is 0 Å². The molecule has 0 aliphatic heterocycles. The summed E-state index contributed by atoms with van der Waals surface area (Å²) in [6, 6.07) is 5.44. The Morgan fingerprint density at radius 3 is 2.45 bits per heavy atom. The van der Waals surface area contributed by atoms with Crippen LogP contribution >= 0.6 is 11.6 Å². The summed E-state index contributed by atoms with van der Waals surface area (Å²) in [5, 5.41) is 0.235. The van der Waals surface area contributed by atoms with Crippen LogP contribution < -0.4 is 14.2 Å². The molecule has 0 fully saturated rings. The molecule has 0 amide bonds. The Kier molecular flexibility index (Phi) is 5.13. The normalized spacial score (nSPS) is 10.9. The predicted molar refractivity (Wildman–Crippen MR) is 107 cm³/mol. The zero-order valence-corrected chi connectivity index (χ0v) is 16.7. The molecule has 29 heavy (non-hydrogen) atoms. The van der Waals surface area contributed by atoms with E-state index in [2.05, 4.69) is 24.9 Å². The van der Waals surface area contributed by atoms with E-state index in [9.17, 15) is 0 Å². The average molecular weight is 413 g/mol. The van der Waals surface area contributed by atoms with Gasteiger partial charge in [0.25, 0.3) is 0 Å².